The molecule has 2 aliphatic rings. The van der Waals surface area contributed by atoms with Gasteiger partial charge in [-0.3, -0.25) is 0 Å². The molecule has 2 saturated carbocycles. The molecule has 8 heteroatoms. The average molecular weight is 441 g/mol. The summed E-state index contributed by atoms with van der Waals surface area (Å²) in [5.41, 5.74) is 2.16. The predicted molar refractivity (Wildman–Crippen MR) is 116 cm³/mol. The number of rotatable bonds is 4. The molecule has 0 N–H and O–H groups in total. The van der Waals surface area contributed by atoms with Gasteiger partial charge in [0.1, 0.15) is 11.3 Å². The van der Waals surface area contributed by atoms with Crippen LogP contribution >= 0.6 is 11.6 Å². The zero-order chi connectivity index (χ0) is 20.5. The second-order valence-electron chi connectivity index (χ2n) is 8.43. The van der Waals surface area contributed by atoms with Crippen molar-refractivity contribution in [2.75, 3.05) is 0 Å². The average Bonchev–Trinajstić information content (AvgIpc) is 3.54. The third-order valence-corrected chi connectivity index (χ3v) is 8.77. The van der Waals surface area contributed by atoms with Gasteiger partial charge in [0.05, 0.1) is 22.5 Å². The van der Waals surface area contributed by atoms with Crippen LogP contribution < -0.4 is 0 Å². The lowest BCUT2D eigenvalue weighted by molar-refractivity contribution is 0.331. The Balaban J connectivity index is 1.59. The summed E-state index contributed by atoms with van der Waals surface area (Å²) >= 11 is 6.29. The third-order valence-electron chi connectivity index (χ3n) is 6.85. The lowest BCUT2D eigenvalue weighted by atomic mass is 9.95. The van der Waals surface area contributed by atoms with E-state index in [1.807, 2.05) is 6.07 Å². The molecule has 2 fully saturated rings. The summed E-state index contributed by atoms with van der Waals surface area (Å²) < 4.78 is 30.0. The minimum Gasteiger partial charge on any atom is -0.323 e. The van der Waals surface area contributed by atoms with Crippen molar-refractivity contribution in [1.29, 1.82) is 0 Å². The maximum atomic E-state index is 13.2. The quantitative estimate of drug-likeness (QED) is 0.430. The Bertz CT molecular complexity index is 1380. The van der Waals surface area contributed by atoms with Crippen molar-refractivity contribution in [2.24, 2.45) is 11.8 Å². The van der Waals surface area contributed by atoms with Crippen LogP contribution in [0.3, 0.4) is 0 Å². The van der Waals surface area contributed by atoms with Crippen molar-refractivity contribution in [3.63, 3.8) is 0 Å². The number of fused-ring (bicyclic) bond motifs is 5. The molecule has 0 amide bonds. The van der Waals surface area contributed by atoms with E-state index in [0.29, 0.717) is 23.5 Å². The van der Waals surface area contributed by atoms with Gasteiger partial charge in [0.2, 0.25) is 0 Å². The van der Waals surface area contributed by atoms with Crippen molar-refractivity contribution in [1.82, 2.24) is 18.5 Å². The highest BCUT2D eigenvalue weighted by atomic mass is 35.5. The van der Waals surface area contributed by atoms with Crippen LogP contribution in [0.25, 0.3) is 22.1 Å². The second-order valence-corrected chi connectivity index (χ2v) is 10.5. The summed E-state index contributed by atoms with van der Waals surface area (Å²) in [6, 6.07) is 10.7. The first-order valence-corrected chi connectivity index (χ1v) is 12.3. The van der Waals surface area contributed by atoms with Gasteiger partial charge in [0, 0.05) is 17.6 Å². The van der Waals surface area contributed by atoms with Crippen LogP contribution in [0.2, 0.25) is 0 Å². The first-order valence-electron chi connectivity index (χ1n) is 10.3. The van der Waals surface area contributed by atoms with E-state index >= 15 is 0 Å². The zero-order valence-electron chi connectivity index (χ0n) is 16.3. The molecule has 3 atom stereocenters. The van der Waals surface area contributed by atoms with Crippen LogP contribution in [0.1, 0.15) is 37.5 Å². The van der Waals surface area contributed by atoms with Crippen LogP contribution in [0.5, 0.6) is 0 Å². The first kappa shape index (κ1) is 18.4. The summed E-state index contributed by atoms with van der Waals surface area (Å²) in [5, 5.41) is 0.804. The number of halogens is 1. The monoisotopic (exact) mass is 440 g/mol. The number of imidazole rings is 1. The molecule has 30 heavy (non-hydrogen) atoms. The SMILES string of the molecule is O=S(=O)(c1ccccc1)n1ccc2c1ncc1nc(CCl)n(C3CC4CCC3C4)c12. The molecule has 3 aromatic heterocycles. The molecule has 0 saturated heterocycles. The van der Waals surface area contributed by atoms with Crippen molar-refractivity contribution in [2.45, 2.75) is 42.5 Å². The van der Waals surface area contributed by atoms with Crippen LogP contribution in [0, 0.1) is 11.8 Å². The van der Waals surface area contributed by atoms with Gasteiger partial charge in [0.15, 0.2) is 5.65 Å². The molecule has 0 spiro atoms. The molecule has 1 aromatic carbocycles. The number of benzene rings is 1. The fourth-order valence-corrected chi connectivity index (χ4v) is 7.09. The van der Waals surface area contributed by atoms with E-state index in [4.69, 9.17) is 16.6 Å². The molecule has 2 aliphatic carbocycles. The summed E-state index contributed by atoms with van der Waals surface area (Å²) in [7, 11) is -3.73. The number of hydrogen-bond acceptors (Lipinski definition) is 4. The largest absolute Gasteiger partial charge is 0.323 e. The van der Waals surface area contributed by atoms with E-state index in [9.17, 15) is 8.42 Å². The van der Waals surface area contributed by atoms with Crippen LogP contribution in [0.4, 0.5) is 0 Å². The minimum absolute atomic E-state index is 0.243. The maximum Gasteiger partial charge on any atom is 0.269 e. The fraction of sp³-hybridized carbons (Fsp3) is 0.364. The molecular formula is C22H21ClN4O2S. The van der Waals surface area contributed by atoms with E-state index in [1.165, 1.54) is 23.2 Å². The Kier molecular flexibility index (Phi) is 4.02. The van der Waals surface area contributed by atoms with Crippen molar-refractivity contribution in [3.8, 4) is 0 Å². The van der Waals surface area contributed by atoms with Gasteiger partial charge in [-0.15, -0.1) is 11.6 Å². The van der Waals surface area contributed by atoms with Gasteiger partial charge < -0.3 is 4.57 Å². The predicted octanol–water partition coefficient (Wildman–Crippen LogP) is 4.72. The molecule has 3 unspecified atom stereocenters. The highest BCUT2D eigenvalue weighted by Gasteiger charge is 2.42. The molecule has 4 aromatic rings. The zero-order valence-corrected chi connectivity index (χ0v) is 17.9. The maximum absolute atomic E-state index is 13.2. The molecule has 154 valence electrons. The highest BCUT2D eigenvalue weighted by Crippen LogP contribution is 2.52. The topological polar surface area (TPSA) is 69.8 Å². The summed E-state index contributed by atoms with van der Waals surface area (Å²) in [6.07, 6.45) is 8.24. The molecule has 6 rings (SSSR count). The summed E-state index contributed by atoms with van der Waals surface area (Å²) in [4.78, 5) is 9.48. The van der Waals surface area contributed by atoms with E-state index in [0.717, 1.165) is 34.6 Å². The second kappa shape index (κ2) is 6.56. The number of hydrogen-bond donors (Lipinski definition) is 0. The van der Waals surface area contributed by atoms with Crippen LogP contribution in [0.15, 0.2) is 53.7 Å². The van der Waals surface area contributed by atoms with E-state index in [-0.39, 0.29) is 4.90 Å². The molecule has 2 bridgehead atoms. The molecule has 0 aliphatic heterocycles. The lowest BCUT2D eigenvalue weighted by Gasteiger charge is -2.25. The first-order chi connectivity index (χ1) is 14.6. The van der Waals surface area contributed by atoms with E-state index in [1.54, 1.807) is 42.7 Å². The number of pyridine rings is 1. The minimum atomic E-state index is -3.73. The molecular weight excluding hydrogens is 420 g/mol. The van der Waals surface area contributed by atoms with Crippen LogP contribution in [-0.4, -0.2) is 26.9 Å². The van der Waals surface area contributed by atoms with Crippen molar-refractivity contribution >= 4 is 43.7 Å². The number of alkyl halides is 1. The third kappa shape index (κ3) is 2.51. The Labute approximate surface area is 179 Å². The Morgan fingerprint density at radius 1 is 1.10 bits per heavy atom. The van der Waals surface area contributed by atoms with Gasteiger partial charge in [-0.1, -0.05) is 24.6 Å². The molecule has 3 heterocycles. The molecule has 0 radical (unpaired) electrons. The number of aromatic nitrogens is 4. The van der Waals surface area contributed by atoms with E-state index in [2.05, 4.69) is 9.55 Å². The smallest absolute Gasteiger partial charge is 0.269 e. The Morgan fingerprint density at radius 3 is 2.63 bits per heavy atom. The molecule has 6 nitrogen and oxygen atoms in total. The summed E-state index contributed by atoms with van der Waals surface area (Å²) in [5.74, 6) is 2.60. The Hall–Kier alpha value is -2.38. The van der Waals surface area contributed by atoms with Gasteiger partial charge in [-0.2, -0.15) is 0 Å². The van der Waals surface area contributed by atoms with Crippen molar-refractivity contribution < 1.29 is 8.42 Å². The van der Waals surface area contributed by atoms with Gasteiger partial charge in [-0.25, -0.2) is 22.4 Å². The van der Waals surface area contributed by atoms with Gasteiger partial charge in [0.25, 0.3) is 10.0 Å². The highest BCUT2D eigenvalue weighted by molar-refractivity contribution is 7.90. The fourth-order valence-electron chi connectivity index (χ4n) is 5.57. The Morgan fingerprint density at radius 2 is 1.93 bits per heavy atom. The normalized spacial score (nSPS) is 23.7. The van der Waals surface area contributed by atoms with Crippen molar-refractivity contribution in [3.05, 3.63) is 54.6 Å². The van der Waals surface area contributed by atoms with Gasteiger partial charge in [-0.05, 0) is 49.3 Å². The summed E-state index contributed by atoms with van der Waals surface area (Å²) in [6.45, 7) is 0. The van der Waals surface area contributed by atoms with E-state index < -0.39 is 10.0 Å². The number of nitrogens with zero attached hydrogens (tertiary/aromatic N) is 4. The van der Waals surface area contributed by atoms with Gasteiger partial charge >= 0.3 is 0 Å². The standard InChI is InChI=1S/C22H21ClN4O2S/c23-12-20-25-18-13-24-22-17(21(18)27(20)19-11-14-6-7-15(19)10-14)8-9-26(22)30(28,29)16-4-2-1-3-5-16/h1-5,8-9,13-15,19H,6-7,10-12H2. The lowest BCUT2D eigenvalue weighted by Crippen LogP contribution is -2.18. The van der Waals surface area contributed by atoms with Crippen LogP contribution in [-0.2, 0) is 15.9 Å².